The van der Waals surface area contributed by atoms with E-state index in [1.807, 2.05) is 6.92 Å². The fourth-order valence-electron chi connectivity index (χ4n) is 3.63. The summed E-state index contributed by atoms with van der Waals surface area (Å²) in [5.74, 6) is -2.23. The predicted molar refractivity (Wildman–Crippen MR) is 113 cm³/mol. The number of rotatable bonds is 7. The Hall–Kier alpha value is -2.86. The molecule has 158 valence electrons. The fraction of sp³-hybridized carbons (Fsp3) is 0.304. The van der Waals surface area contributed by atoms with Crippen molar-refractivity contribution in [1.82, 2.24) is 4.90 Å². The van der Waals surface area contributed by atoms with E-state index >= 15 is 0 Å². The van der Waals surface area contributed by atoms with Crippen LogP contribution in [0.3, 0.4) is 0 Å². The molecular weight excluding hydrogens is 409 g/mol. The second kappa shape index (κ2) is 9.30. The van der Waals surface area contributed by atoms with Crippen LogP contribution in [-0.2, 0) is 9.59 Å². The molecule has 1 saturated heterocycles. The highest BCUT2D eigenvalue weighted by Gasteiger charge is 2.46. The molecule has 1 amide bonds. The maximum absolute atomic E-state index is 14.7. The summed E-state index contributed by atoms with van der Waals surface area (Å²) in [7, 11) is 1.43. The second-order valence-electron chi connectivity index (χ2n) is 7.07. The number of hydrogen-bond donors (Lipinski definition) is 1. The molecule has 7 heteroatoms. The number of methoxy groups -OCH3 is 1. The minimum atomic E-state index is -1.01. The van der Waals surface area contributed by atoms with Gasteiger partial charge < -0.3 is 14.7 Å². The molecule has 0 saturated carbocycles. The van der Waals surface area contributed by atoms with Gasteiger partial charge in [-0.1, -0.05) is 49.6 Å². The Kier molecular flexibility index (Phi) is 6.77. The van der Waals surface area contributed by atoms with Crippen molar-refractivity contribution >= 4 is 29.1 Å². The zero-order valence-electron chi connectivity index (χ0n) is 16.8. The normalized spacial score (nSPS) is 18.1. The van der Waals surface area contributed by atoms with E-state index in [1.54, 1.807) is 6.07 Å². The lowest BCUT2D eigenvalue weighted by molar-refractivity contribution is -0.139. The van der Waals surface area contributed by atoms with E-state index in [2.05, 4.69) is 0 Å². The highest BCUT2D eigenvalue weighted by Crippen LogP contribution is 2.41. The molecule has 0 radical (unpaired) electrons. The second-order valence-corrected chi connectivity index (χ2v) is 7.48. The first-order valence-corrected chi connectivity index (χ1v) is 10.1. The number of ether oxygens (including phenoxy) is 1. The number of aliphatic hydroxyl groups excluding tert-OH is 1. The molecule has 0 bridgehead atoms. The van der Waals surface area contributed by atoms with Crippen LogP contribution < -0.4 is 4.74 Å². The predicted octanol–water partition coefficient (Wildman–Crippen LogP) is 5.10. The number of Topliss-reactive ketones (excluding diaryl/α,β-unsaturated/α-hetero) is 1. The van der Waals surface area contributed by atoms with Crippen molar-refractivity contribution in [2.45, 2.75) is 32.2 Å². The monoisotopic (exact) mass is 431 g/mol. The summed E-state index contributed by atoms with van der Waals surface area (Å²) in [5, 5.41) is 11.3. The van der Waals surface area contributed by atoms with Crippen molar-refractivity contribution in [3.8, 4) is 5.75 Å². The quantitative estimate of drug-likeness (QED) is 0.286. The van der Waals surface area contributed by atoms with E-state index in [0.717, 1.165) is 12.8 Å². The van der Waals surface area contributed by atoms with Crippen LogP contribution in [-0.4, -0.2) is 35.4 Å². The Morgan fingerprint density at radius 3 is 2.60 bits per heavy atom. The summed E-state index contributed by atoms with van der Waals surface area (Å²) in [5.41, 5.74) is 0.269. The van der Waals surface area contributed by atoms with Crippen LogP contribution in [0.4, 0.5) is 4.39 Å². The minimum Gasteiger partial charge on any atom is -0.507 e. The summed E-state index contributed by atoms with van der Waals surface area (Å²) in [6.07, 6.45) is 2.46. The smallest absolute Gasteiger partial charge is 0.295 e. The number of benzene rings is 2. The molecule has 30 heavy (non-hydrogen) atoms. The summed E-state index contributed by atoms with van der Waals surface area (Å²) in [6.45, 7) is 2.31. The molecule has 5 nitrogen and oxygen atoms in total. The van der Waals surface area contributed by atoms with Gasteiger partial charge in [0.05, 0.1) is 23.7 Å². The van der Waals surface area contributed by atoms with Crippen LogP contribution in [0.25, 0.3) is 5.76 Å². The Bertz CT molecular complexity index is 1000. The van der Waals surface area contributed by atoms with Crippen molar-refractivity contribution in [1.29, 1.82) is 0 Å². The number of ketones is 1. The molecule has 2 aromatic rings. The van der Waals surface area contributed by atoms with Crippen LogP contribution in [0.2, 0.25) is 5.02 Å². The van der Waals surface area contributed by atoms with Crippen LogP contribution in [0.15, 0.2) is 48.0 Å². The van der Waals surface area contributed by atoms with Gasteiger partial charge in [0.2, 0.25) is 0 Å². The van der Waals surface area contributed by atoms with Gasteiger partial charge in [0.25, 0.3) is 11.7 Å². The van der Waals surface area contributed by atoms with Gasteiger partial charge in [-0.2, -0.15) is 0 Å². The molecule has 0 spiro atoms. The summed E-state index contributed by atoms with van der Waals surface area (Å²) in [6, 6.07) is 9.46. The molecule has 1 aliphatic rings. The maximum Gasteiger partial charge on any atom is 0.295 e. The molecule has 1 unspecified atom stereocenters. The third-order valence-corrected chi connectivity index (χ3v) is 5.48. The average molecular weight is 432 g/mol. The Morgan fingerprint density at radius 2 is 1.93 bits per heavy atom. The van der Waals surface area contributed by atoms with Gasteiger partial charge in [-0.15, -0.1) is 0 Å². The van der Waals surface area contributed by atoms with Gasteiger partial charge in [0.15, 0.2) is 0 Å². The number of nitrogens with zero attached hydrogens (tertiary/aromatic N) is 1. The third-order valence-electron chi connectivity index (χ3n) is 5.17. The minimum absolute atomic E-state index is 0.147. The Balaban J connectivity index is 2.16. The van der Waals surface area contributed by atoms with Crippen LogP contribution in [0.1, 0.15) is 43.4 Å². The molecule has 1 N–H and O–H groups in total. The molecule has 1 fully saturated rings. The van der Waals surface area contributed by atoms with Crippen molar-refractivity contribution in [3.63, 3.8) is 0 Å². The van der Waals surface area contributed by atoms with Gasteiger partial charge in [-0.25, -0.2) is 4.39 Å². The molecule has 1 heterocycles. The van der Waals surface area contributed by atoms with E-state index in [4.69, 9.17) is 16.3 Å². The van der Waals surface area contributed by atoms with E-state index < -0.39 is 29.3 Å². The number of amides is 1. The van der Waals surface area contributed by atoms with E-state index in [-0.39, 0.29) is 23.2 Å². The van der Waals surface area contributed by atoms with Gasteiger partial charge in [0, 0.05) is 17.7 Å². The molecule has 3 rings (SSSR count). The molecule has 0 aromatic heterocycles. The number of unbranched alkanes of at least 4 members (excludes halogenated alkanes) is 2. The number of aliphatic hydroxyl groups is 1. The van der Waals surface area contributed by atoms with Crippen molar-refractivity contribution in [2.24, 2.45) is 0 Å². The fourth-order valence-corrected chi connectivity index (χ4v) is 3.82. The van der Waals surface area contributed by atoms with E-state index in [0.29, 0.717) is 17.2 Å². The lowest BCUT2D eigenvalue weighted by Gasteiger charge is -2.25. The van der Waals surface area contributed by atoms with Crippen molar-refractivity contribution in [2.75, 3.05) is 13.7 Å². The van der Waals surface area contributed by atoms with Crippen molar-refractivity contribution in [3.05, 3.63) is 70.0 Å². The molecule has 1 aliphatic heterocycles. The lowest BCUT2D eigenvalue weighted by Crippen LogP contribution is -2.31. The summed E-state index contributed by atoms with van der Waals surface area (Å²) >= 11 is 6.05. The number of carbonyl (C=O) groups excluding carboxylic acids is 2. The molecule has 1 atom stereocenters. The number of likely N-dealkylation sites (tertiary alicyclic amines) is 1. The molecule has 0 aliphatic carbocycles. The van der Waals surface area contributed by atoms with E-state index in [1.165, 1.54) is 48.4 Å². The van der Waals surface area contributed by atoms with Gasteiger partial charge in [-0.3, -0.25) is 9.59 Å². The van der Waals surface area contributed by atoms with Gasteiger partial charge in [-0.05, 0) is 30.7 Å². The topological polar surface area (TPSA) is 66.8 Å². The summed E-state index contributed by atoms with van der Waals surface area (Å²) < 4.78 is 19.9. The van der Waals surface area contributed by atoms with Crippen LogP contribution in [0.5, 0.6) is 5.75 Å². The number of carbonyl (C=O) groups is 2. The Labute approximate surface area is 179 Å². The molecular formula is C23H23ClFNO4. The molecule has 2 aromatic carbocycles. The van der Waals surface area contributed by atoms with Gasteiger partial charge >= 0.3 is 0 Å². The standard InChI is InChI=1S/C23H23ClFNO4/c1-3-4-7-12-26-20(15-8-5-6-9-17(15)25)19(22(28)23(26)29)21(27)14-10-11-16(24)18(13-14)30-2/h5-6,8-11,13,20,27H,3-4,7,12H2,1-2H3/b21-19+. The zero-order valence-corrected chi connectivity index (χ0v) is 17.6. The average Bonchev–Trinajstić information content (AvgIpc) is 2.99. The van der Waals surface area contributed by atoms with Crippen LogP contribution in [0, 0.1) is 5.82 Å². The first-order chi connectivity index (χ1) is 14.4. The summed E-state index contributed by atoms with van der Waals surface area (Å²) in [4.78, 5) is 27.0. The largest absolute Gasteiger partial charge is 0.507 e. The van der Waals surface area contributed by atoms with Gasteiger partial charge in [0.1, 0.15) is 17.3 Å². The first kappa shape index (κ1) is 21.8. The first-order valence-electron chi connectivity index (χ1n) is 9.77. The zero-order chi connectivity index (χ0) is 21.8. The van der Waals surface area contributed by atoms with Crippen LogP contribution >= 0.6 is 11.6 Å². The SMILES string of the molecule is CCCCCN1C(=O)C(=O)/C(=C(/O)c2ccc(Cl)c(OC)c2)C1c1ccccc1F. The van der Waals surface area contributed by atoms with E-state index in [9.17, 15) is 19.1 Å². The lowest BCUT2D eigenvalue weighted by atomic mass is 9.94. The maximum atomic E-state index is 14.7. The number of hydrogen-bond acceptors (Lipinski definition) is 4. The number of halogens is 2. The Morgan fingerprint density at radius 1 is 1.20 bits per heavy atom. The van der Waals surface area contributed by atoms with Crippen molar-refractivity contribution < 1.29 is 23.8 Å². The third kappa shape index (κ3) is 4.05. The highest BCUT2D eigenvalue weighted by atomic mass is 35.5. The highest BCUT2D eigenvalue weighted by molar-refractivity contribution is 6.46.